The molecule has 0 radical (unpaired) electrons. The Morgan fingerprint density at radius 2 is 2.04 bits per heavy atom. The van der Waals surface area contributed by atoms with E-state index < -0.39 is 4.92 Å². The standard InChI is InChI=1S/C16H19N3O4/c1-12-7-8-13(23-12)11-18(2)16(20)9-10-17-14-5-3-4-6-15(14)19(21)22/h3-8,17H,9-11H2,1-2H3. The lowest BCUT2D eigenvalue weighted by Gasteiger charge is -2.16. The van der Waals surface area contributed by atoms with Crippen LogP contribution < -0.4 is 5.32 Å². The fourth-order valence-corrected chi connectivity index (χ4v) is 2.17. The Bertz CT molecular complexity index is 696. The van der Waals surface area contributed by atoms with Gasteiger partial charge in [-0.2, -0.15) is 0 Å². The van der Waals surface area contributed by atoms with Crippen LogP contribution >= 0.6 is 0 Å². The quantitative estimate of drug-likeness (QED) is 0.626. The third-order valence-corrected chi connectivity index (χ3v) is 3.37. The van der Waals surface area contributed by atoms with Crippen LogP contribution in [0.15, 0.2) is 40.8 Å². The number of nitrogens with zero attached hydrogens (tertiary/aromatic N) is 2. The Morgan fingerprint density at radius 3 is 2.70 bits per heavy atom. The minimum absolute atomic E-state index is 0.000589. The van der Waals surface area contributed by atoms with Crippen molar-refractivity contribution in [2.75, 3.05) is 18.9 Å². The Balaban J connectivity index is 1.84. The molecule has 0 aliphatic rings. The summed E-state index contributed by atoms with van der Waals surface area (Å²) in [5.74, 6) is 1.47. The first kappa shape index (κ1) is 16.5. The van der Waals surface area contributed by atoms with Gasteiger partial charge in [0.25, 0.3) is 5.69 Å². The van der Waals surface area contributed by atoms with Gasteiger partial charge in [-0.25, -0.2) is 0 Å². The van der Waals surface area contributed by atoms with E-state index in [1.807, 2.05) is 19.1 Å². The summed E-state index contributed by atoms with van der Waals surface area (Å²) in [6.45, 7) is 2.57. The van der Waals surface area contributed by atoms with Crippen LogP contribution in [0.1, 0.15) is 17.9 Å². The van der Waals surface area contributed by atoms with Gasteiger partial charge in [0, 0.05) is 26.1 Å². The van der Waals surface area contributed by atoms with Crippen LogP contribution in [-0.4, -0.2) is 29.3 Å². The first-order chi connectivity index (χ1) is 11.0. The molecule has 23 heavy (non-hydrogen) atoms. The monoisotopic (exact) mass is 317 g/mol. The fourth-order valence-electron chi connectivity index (χ4n) is 2.17. The molecular weight excluding hydrogens is 298 g/mol. The number of nitro benzene ring substituents is 1. The predicted molar refractivity (Wildman–Crippen MR) is 86.1 cm³/mol. The summed E-state index contributed by atoms with van der Waals surface area (Å²) in [6.07, 6.45) is 0.238. The van der Waals surface area contributed by atoms with E-state index in [2.05, 4.69) is 5.32 Å². The number of anilines is 1. The van der Waals surface area contributed by atoms with Crippen LogP contribution in [0.5, 0.6) is 0 Å². The van der Waals surface area contributed by atoms with E-state index in [1.54, 1.807) is 30.1 Å². The highest BCUT2D eigenvalue weighted by Crippen LogP contribution is 2.22. The minimum atomic E-state index is -0.449. The van der Waals surface area contributed by atoms with Gasteiger partial charge in [0.2, 0.25) is 5.91 Å². The number of para-hydroxylation sites is 2. The SMILES string of the molecule is Cc1ccc(CN(C)C(=O)CCNc2ccccc2[N+](=O)[O-])o1. The van der Waals surface area contributed by atoms with Crippen LogP contribution in [0.4, 0.5) is 11.4 Å². The molecule has 0 saturated heterocycles. The van der Waals surface area contributed by atoms with Gasteiger partial charge in [-0.05, 0) is 25.1 Å². The van der Waals surface area contributed by atoms with Crippen LogP contribution in [-0.2, 0) is 11.3 Å². The molecule has 1 amide bonds. The van der Waals surface area contributed by atoms with Crippen LogP contribution in [0.25, 0.3) is 0 Å². The van der Waals surface area contributed by atoms with Gasteiger partial charge < -0.3 is 14.6 Å². The second-order valence-corrected chi connectivity index (χ2v) is 5.21. The molecule has 0 aliphatic heterocycles. The van der Waals surface area contributed by atoms with Crippen LogP contribution in [0.3, 0.4) is 0 Å². The van der Waals surface area contributed by atoms with E-state index in [-0.39, 0.29) is 18.0 Å². The van der Waals surface area contributed by atoms with Crippen molar-refractivity contribution in [3.05, 3.63) is 58.0 Å². The van der Waals surface area contributed by atoms with Gasteiger partial charge in [-0.1, -0.05) is 12.1 Å². The number of nitro groups is 1. The number of amides is 1. The zero-order chi connectivity index (χ0) is 16.8. The van der Waals surface area contributed by atoms with Crippen molar-refractivity contribution in [3.8, 4) is 0 Å². The van der Waals surface area contributed by atoms with E-state index in [4.69, 9.17) is 4.42 Å². The number of aryl methyl sites for hydroxylation is 1. The van der Waals surface area contributed by atoms with E-state index in [0.717, 1.165) is 11.5 Å². The summed E-state index contributed by atoms with van der Waals surface area (Å²) in [5.41, 5.74) is 0.411. The second kappa shape index (κ2) is 7.44. The molecule has 0 fully saturated rings. The highest BCUT2D eigenvalue weighted by molar-refractivity contribution is 5.76. The first-order valence-electron chi connectivity index (χ1n) is 7.24. The summed E-state index contributed by atoms with van der Waals surface area (Å²) < 4.78 is 5.44. The second-order valence-electron chi connectivity index (χ2n) is 5.21. The summed E-state index contributed by atoms with van der Waals surface area (Å²) >= 11 is 0. The van der Waals surface area contributed by atoms with Crippen molar-refractivity contribution in [3.63, 3.8) is 0 Å². The van der Waals surface area contributed by atoms with Crippen molar-refractivity contribution < 1.29 is 14.1 Å². The van der Waals surface area contributed by atoms with Gasteiger partial charge in [-0.3, -0.25) is 14.9 Å². The van der Waals surface area contributed by atoms with E-state index in [1.165, 1.54) is 6.07 Å². The van der Waals surface area contributed by atoms with E-state index >= 15 is 0 Å². The molecule has 0 bridgehead atoms. The number of rotatable bonds is 7. The van der Waals surface area contributed by atoms with Gasteiger partial charge in [0.1, 0.15) is 17.2 Å². The van der Waals surface area contributed by atoms with Crippen molar-refractivity contribution in [2.45, 2.75) is 19.9 Å². The van der Waals surface area contributed by atoms with Crippen LogP contribution in [0.2, 0.25) is 0 Å². The number of carbonyl (C=O) groups is 1. The predicted octanol–water partition coefficient (Wildman–Crippen LogP) is 2.96. The average molecular weight is 317 g/mol. The molecule has 1 N–H and O–H groups in total. The van der Waals surface area contributed by atoms with Gasteiger partial charge >= 0.3 is 0 Å². The Hall–Kier alpha value is -2.83. The highest BCUT2D eigenvalue weighted by Gasteiger charge is 2.14. The molecule has 0 aliphatic carbocycles. The molecule has 1 heterocycles. The normalized spacial score (nSPS) is 10.3. The lowest BCUT2D eigenvalue weighted by atomic mass is 10.2. The van der Waals surface area contributed by atoms with Gasteiger partial charge in [-0.15, -0.1) is 0 Å². The zero-order valence-corrected chi connectivity index (χ0v) is 13.1. The van der Waals surface area contributed by atoms with Gasteiger partial charge in [0.05, 0.1) is 11.5 Å². The largest absolute Gasteiger partial charge is 0.464 e. The average Bonchev–Trinajstić information content (AvgIpc) is 2.92. The summed E-state index contributed by atoms with van der Waals surface area (Å²) in [6, 6.07) is 10.1. The molecule has 2 aromatic rings. The number of hydrogen-bond donors (Lipinski definition) is 1. The molecule has 1 aromatic carbocycles. The number of hydrogen-bond acceptors (Lipinski definition) is 5. The van der Waals surface area contributed by atoms with Crippen molar-refractivity contribution in [1.82, 2.24) is 4.90 Å². The molecule has 0 spiro atoms. The Morgan fingerprint density at radius 1 is 1.30 bits per heavy atom. The minimum Gasteiger partial charge on any atom is -0.464 e. The molecule has 7 heteroatoms. The third kappa shape index (κ3) is 4.57. The first-order valence-corrected chi connectivity index (χ1v) is 7.24. The van der Waals surface area contributed by atoms with Crippen molar-refractivity contribution >= 4 is 17.3 Å². The summed E-state index contributed by atoms with van der Waals surface area (Å²) in [7, 11) is 1.70. The maximum atomic E-state index is 12.1. The summed E-state index contributed by atoms with van der Waals surface area (Å²) in [5, 5.41) is 13.8. The summed E-state index contributed by atoms with van der Waals surface area (Å²) in [4.78, 5) is 24.1. The smallest absolute Gasteiger partial charge is 0.292 e. The molecule has 1 aromatic heterocycles. The fraction of sp³-hybridized carbons (Fsp3) is 0.312. The van der Waals surface area contributed by atoms with Crippen molar-refractivity contribution in [2.24, 2.45) is 0 Å². The van der Waals surface area contributed by atoms with Crippen LogP contribution in [0, 0.1) is 17.0 Å². The molecule has 0 atom stereocenters. The number of carbonyl (C=O) groups excluding carboxylic acids is 1. The zero-order valence-electron chi connectivity index (χ0n) is 13.1. The molecule has 122 valence electrons. The molecule has 0 unspecified atom stereocenters. The number of benzene rings is 1. The number of nitrogens with one attached hydrogen (secondary N) is 1. The van der Waals surface area contributed by atoms with Gasteiger partial charge in [0.15, 0.2) is 0 Å². The topological polar surface area (TPSA) is 88.6 Å². The van der Waals surface area contributed by atoms with E-state index in [9.17, 15) is 14.9 Å². The molecule has 0 saturated carbocycles. The van der Waals surface area contributed by atoms with E-state index in [0.29, 0.717) is 18.8 Å². The maximum absolute atomic E-state index is 12.1. The molecule has 7 nitrogen and oxygen atoms in total. The van der Waals surface area contributed by atoms with Crippen molar-refractivity contribution in [1.29, 1.82) is 0 Å². The molecule has 2 rings (SSSR count). The maximum Gasteiger partial charge on any atom is 0.292 e. The lowest BCUT2D eigenvalue weighted by molar-refractivity contribution is -0.384. The molecular formula is C16H19N3O4. The highest BCUT2D eigenvalue weighted by atomic mass is 16.6. The Kier molecular flexibility index (Phi) is 5.35. The third-order valence-electron chi connectivity index (χ3n) is 3.37. The number of furan rings is 1. The Labute approximate surface area is 134 Å². The lowest BCUT2D eigenvalue weighted by Crippen LogP contribution is -2.27.